The fraction of sp³-hybridized carbons (Fsp3) is 0.0769. The van der Waals surface area contributed by atoms with Gasteiger partial charge in [-0.25, -0.2) is 0 Å². The van der Waals surface area contributed by atoms with Gasteiger partial charge in [0.1, 0.15) is 0 Å². The second-order valence-corrected chi connectivity index (χ2v) is 6.37. The SMILES string of the molecule is O=S(=O)(O)C(Nc1ccccc1)c1ccc(Br)cc1. The Kier molecular flexibility index (Phi) is 4.24. The lowest BCUT2D eigenvalue weighted by Crippen LogP contribution is -2.20. The van der Waals surface area contributed by atoms with Crippen LogP contribution in [0.1, 0.15) is 10.9 Å². The molecule has 0 aromatic heterocycles. The van der Waals surface area contributed by atoms with Gasteiger partial charge in [-0.2, -0.15) is 8.42 Å². The Morgan fingerprint density at radius 2 is 1.58 bits per heavy atom. The normalized spacial score (nSPS) is 12.9. The number of para-hydroxylation sites is 1. The molecule has 0 aliphatic rings. The summed E-state index contributed by atoms with van der Waals surface area (Å²) in [6.07, 6.45) is 0. The van der Waals surface area contributed by atoms with Crippen molar-refractivity contribution in [2.75, 3.05) is 5.32 Å². The zero-order valence-electron chi connectivity index (χ0n) is 9.82. The molecule has 2 rings (SSSR count). The van der Waals surface area contributed by atoms with E-state index in [1.165, 1.54) is 0 Å². The first-order valence-corrected chi connectivity index (χ1v) is 7.80. The zero-order valence-corrected chi connectivity index (χ0v) is 12.2. The molecule has 100 valence electrons. The first-order valence-electron chi connectivity index (χ1n) is 5.50. The van der Waals surface area contributed by atoms with Crippen LogP contribution in [0.4, 0.5) is 5.69 Å². The molecule has 2 N–H and O–H groups in total. The molecule has 0 radical (unpaired) electrons. The number of hydrogen-bond acceptors (Lipinski definition) is 3. The summed E-state index contributed by atoms with van der Waals surface area (Å²) in [6.45, 7) is 0. The van der Waals surface area contributed by atoms with Crippen LogP contribution in [0.2, 0.25) is 0 Å². The number of benzene rings is 2. The van der Waals surface area contributed by atoms with Crippen LogP contribution in [-0.2, 0) is 10.1 Å². The van der Waals surface area contributed by atoms with Crippen LogP contribution in [0, 0.1) is 0 Å². The van der Waals surface area contributed by atoms with Gasteiger partial charge < -0.3 is 5.32 Å². The van der Waals surface area contributed by atoms with Gasteiger partial charge in [-0.1, -0.05) is 46.3 Å². The first kappa shape index (κ1) is 14.0. The van der Waals surface area contributed by atoms with Crippen LogP contribution in [0.15, 0.2) is 59.1 Å². The molecule has 0 fully saturated rings. The van der Waals surface area contributed by atoms with E-state index in [1.807, 2.05) is 6.07 Å². The quantitative estimate of drug-likeness (QED) is 0.836. The van der Waals surface area contributed by atoms with E-state index in [0.717, 1.165) is 4.47 Å². The van der Waals surface area contributed by atoms with Gasteiger partial charge in [0.25, 0.3) is 10.1 Å². The van der Waals surface area contributed by atoms with E-state index >= 15 is 0 Å². The monoisotopic (exact) mass is 341 g/mol. The molecular weight excluding hydrogens is 330 g/mol. The van der Waals surface area contributed by atoms with Gasteiger partial charge in [-0.15, -0.1) is 0 Å². The van der Waals surface area contributed by atoms with Crippen molar-refractivity contribution in [3.63, 3.8) is 0 Å². The third kappa shape index (κ3) is 3.79. The molecule has 0 amide bonds. The Morgan fingerprint density at radius 1 is 1.00 bits per heavy atom. The highest BCUT2D eigenvalue weighted by Gasteiger charge is 2.24. The highest BCUT2D eigenvalue weighted by atomic mass is 79.9. The van der Waals surface area contributed by atoms with Gasteiger partial charge in [0, 0.05) is 10.2 Å². The summed E-state index contributed by atoms with van der Waals surface area (Å²) in [7, 11) is -4.26. The van der Waals surface area contributed by atoms with Crippen LogP contribution in [0.3, 0.4) is 0 Å². The van der Waals surface area contributed by atoms with Crippen molar-refractivity contribution in [3.05, 3.63) is 64.6 Å². The molecular formula is C13H12BrNO3S. The van der Waals surface area contributed by atoms with E-state index in [0.29, 0.717) is 11.3 Å². The topological polar surface area (TPSA) is 66.4 Å². The molecule has 1 atom stereocenters. The Bertz CT molecular complexity index is 641. The van der Waals surface area contributed by atoms with Crippen molar-refractivity contribution in [3.8, 4) is 0 Å². The van der Waals surface area contributed by atoms with E-state index in [9.17, 15) is 13.0 Å². The fourth-order valence-corrected chi connectivity index (χ4v) is 2.70. The lowest BCUT2D eigenvalue weighted by Gasteiger charge is -2.17. The third-order valence-corrected chi connectivity index (χ3v) is 4.06. The van der Waals surface area contributed by atoms with Crippen molar-refractivity contribution < 1.29 is 13.0 Å². The van der Waals surface area contributed by atoms with Crippen LogP contribution >= 0.6 is 15.9 Å². The molecule has 6 heteroatoms. The second-order valence-electron chi connectivity index (χ2n) is 3.96. The summed E-state index contributed by atoms with van der Waals surface area (Å²) in [6, 6.07) is 15.6. The van der Waals surface area contributed by atoms with Crippen molar-refractivity contribution in [1.29, 1.82) is 0 Å². The number of rotatable bonds is 4. The Hall–Kier alpha value is -1.37. The van der Waals surface area contributed by atoms with Gasteiger partial charge in [-0.3, -0.25) is 4.55 Å². The lowest BCUT2D eigenvalue weighted by molar-refractivity contribution is 0.473. The summed E-state index contributed by atoms with van der Waals surface area (Å²) in [4.78, 5) is 0. The van der Waals surface area contributed by atoms with Gasteiger partial charge >= 0.3 is 0 Å². The Labute approximate surface area is 120 Å². The lowest BCUT2D eigenvalue weighted by atomic mass is 10.2. The molecule has 0 saturated heterocycles. The van der Waals surface area contributed by atoms with E-state index in [2.05, 4.69) is 21.2 Å². The number of anilines is 1. The molecule has 2 aromatic carbocycles. The maximum absolute atomic E-state index is 11.5. The third-order valence-electron chi connectivity index (χ3n) is 2.54. The summed E-state index contributed by atoms with van der Waals surface area (Å²) in [5.74, 6) is 0. The maximum atomic E-state index is 11.5. The average Bonchev–Trinajstić information content (AvgIpc) is 2.37. The van der Waals surface area contributed by atoms with Crippen molar-refractivity contribution >= 4 is 31.7 Å². The molecule has 4 nitrogen and oxygen atoms in total. The summed E-state index contributed by atoms with van der Waals surface area (Å²) >= 11 is 3.28. The average molecular weight is 342 g/mol. The highest BCUT2D eigenvalue weighted by Crippen LogP contribution is 2.25. The maximum Gasteiger partial charge on any atom is 0.290 e. The number of hydrogen-bond donors (Lipinski definition) is 2. The summed E-state index contributed by atoms with van der Waals surface area (Å²) < 4.78 is 33.2. The molecule has 0 aliphatic heterocycles. The standard InChI is InChI=1S/C13H12BrNO3S/c14-11-8-6-10(7-9-11)13(19(16,17)18)15-12-4-2-1-3-5-12/h1-9,13,15H,(H,16,17,18). The van der Waals surface area contributed by atoms with E-state index in [4.69, 9.17) is 0 Å². The molecule has 0 bridgehead atoms. The van der Waals surface area contributed by atoms with Crippen molar-refractivity contribution in [1.82, 2.24) is 0 Å². The molecule has 0 aliphatic carbocycles. The smallest absolute Gasteiger partial charge is 0.290 e. The second kappa shape index (κ2) is 5.73. The van der Waals surface area contributed by atoms with E-state index in [1.54, 1.807) is 48.5 Å². The van der Waals surface area contributed by atoms with Gasteiger partial charge in [0.2, 0.25) is 0 Å². The van der Waals surface area contributed by atoms with Gasteiger partial charge in [-0.05, 0) is 29.8 Å². The Morgan fingerprint density at radius 3 is 2.11 bits per heavy atom. The van der Waals surface area contributed by atoms with E-state index in [-0.39, 0.29) is 0 Å². The number of nitrogens with one attached hydrogen (secondary N) is 1. The van der Waals surface area contributed by atoms with Crippen LogP contribution in [0.5, 0.6) is 0 Å². The predicted octanol–water partition coefficient (Wildman–Crippen LogP) is 3.45. The Balaban J connectivity index is 2.35. The first-order chi connectivity index (χ1) is 8.97. The van der Waals surface area contributed by atoms with Crippen LogP contribution < -0.4 is 5.32 Å². The predicted molar refractivity (Wildman–Crippen MR) is 78.5 cm³/mol. The highest BCUT2D eigenvalue weighted by molar-refractivity contribution is 9.10. The minimum Gasteiger partial charge on any atom is -0.363 e. The molecule has 0 saturated carbocycles. The van der Waals surface area contributed by atoms with Crippen LogP contribution in [0.25, 0.3) is 0 Å². The van der Waals surface area contributed by atoms with E-state index < -0.39 is 15.5 Å². The van der Waals surface area contributed by atoms with Crippen LogP contribution in [-0.4, -0.2) is 13.0 Å². The number of halogens is 1. The zero-order chi connectivity index (χ0) is 13.9. The summed E-state index contributed by atoms with van der Waals surface area (Å²) in [5.41, 5.74) is 1.09. The minimum absolute atomic E-state index is 0.467. The van der Waals surface area contributed by atoms with Crippen molar-refractivity contribution in [2.24, 2.45) is 0 Å². The summed E-state index contributed by atoms with van der Waals surface area (Å²) in [5, 5.41) is 1.61. The fourth-order valence-electron chi connectivity index (χ4n) is 1.65. The van der Waals surface area contributed by atoms with Crippen molar-refractivity contribution in [2.45, 2.75) is 5.37 Å². The molecule has 0 heterocycles. The van der Waals surface area contributed by atoms with Gasteiger partial charge in [0.15, 0.2) is 5.37 Å². The molecule has 2 aromatic rings. The molecule has 19 heavy (non-hydrogen) atoms. The minimum atomic E-state index is -4.26. The largest absolute Gasteiger partial charge is 0.363 e. The molecule has 1 unspecified atom stereocenters. The molecule has 0 spiro atoms. The van der Waals surface area contributed by atoms with Gasteiger partial charge in [0.05, 0.1) is 0 Å².